The molecule has 4 amide bonds. The molecule has 4 aliphatic rings. The lowest BCUT2D eigenvalue weighted by Gasteiger charge is -2.37. The third-order valence-corrected chi connectivity index (χ3v) is 8.74. The van der Waals surface area contributed by atoms with E-state index in [0.29, 0.717) is 6.42 Å². The number of likely N-dealkylation sites (tertiary alicyclic amines) is 1. The van der Waals surface area contributed by atoms with Crippen molar-refractivity contribution in [3.63, 3.8) is 0 Å². The number of nitrogens with one attached hydrogen (secondary N) is 3. The second kappa shape index (κ2) is 9.55. The highest BCUT2D eigenvalue weighted by atomic mass is 19.4. The Labute approximate surface area is 225 Å². The van der Waals surface area contributed by atoms with Crippen LogP contribution in [0.15, 0.2) is 0 Å². The number of nitriles is 1. The highest BCUT2D eigenvalue weighted by molar-refractivity contribution is 5.93. The average molecular weight is 556 g/mol. The van der Waals surface area contributed by atoms with E-state index in [1.54, 1.807) is 20.8 Å². The number of carbonyl (C=O) groups is 4. The molecule has 2 aliphatic heterocycles. The normalized spacial score (nSPS) is 29.5. The van der Waals surface area contributed by atoms with Crippen molar-refractivity contribution in [3.8, 4) is 6.07 Å². The lowest BCUT2D eigenvalue weighted by molar-refractivity contribution is -0.160. The number of halogens is 3. The fourth-order valence-electron chi connectivity index (χ4n) is 6.27. The van der Waals surface area contributed by atoms with E-state index in [1.807, 2.05) is 13.8 Å². The fraction of sp³-hybridized carbons (Fsp3) is 0.808. The zero-order valence-electron chi connectivity index (χ0n) is 22.8. The highest BCUT2D eigenvalue weighted by Crippen LogP contribution is 2.65. The van der Waals surface area contributed by atoms with Gasteiger partial charge in [-0.15, -0.1) is 0 Å². The maximum absolute atomic E-state index is 13.7. The number of fused-ring (bicyclic) bond motifs is 1. The molecule has 13 heteroatoms. The number of amides is 4. The molecule has 0 bridgehead atoms. The molecule has 2 heterocycles. The molecule has 0 unspecified atom stereocenters. The number of hydrogen-bond donors (Lipinski definition) is 3. The van der Waals surface area contributed by atoms with E-state index in [0.717, 1.165) is 12.8 Å². The van der Waals surface area contributed by atoms with Gasteiger partial charge in [0.1, 0.15) is 18.1 Å². The standard InChI is InChI=1S/C26H36F3N5O5/c1-23(2,3)18(32-22(38)39-12-26(27,28)29)21(37)34-11-15-16(24(15,4)5)17(34)20(36)31-14(10-30)8-13-9-25(6-7-25)33-19(13)35/h13-18H,6-9,11-12H2,1-5H3,(H,31,36)(H,32,38)(H,33,35)/t13-,14+,15+,16+,17+,18-/m1/s1. The van der Waals surface area contributed by atoms with E-state index in [9.17, 15) is 37.6 Å². The highest BCUT2D eigenvalue weighted by Gasteiger charge is 2.70. The summed E-state index contributed by atoms with van der Waals surface area (Å²) in [4.78, 5) is 53.1. The van der Waals surface area contributed by atoms with Crippen molar-refractivity contribution in [3.05, 3.63) is 0 Å². The van der Waals surface area contributed by atoms with Crippen LogP contribution < -0.4 is 16.0 Å². The molecule has 0 aromatic rings. The topological polar surface area (TPSA) is 141 Å². The second-order valence-electron chi connectivity index (χ2n) is 13.1. The summed E-state index contributed by atoms with van der Waals surface area (Å²) >= 11 is 0. The number of piperidine rings is 1. The largest absolute Gasteiger partial charge is 0.440 e. The number of alkyl carbamates (subject to hydrolysis) is 1. The van der Waals surface area contributed by atoms with E-state index >= 15 is 0 Å². The van der Waals surface area contributed by atoms with Gasteiger partial charge in [0.15, 0.2) is 6.61 Å². The summed E-state index contributed by atoms with van der Waals surface area (Å²) in [6.07, 6.45) is -3.52. The van der Waals surface area contributed by atoms with Crippen molar-refractivity contribution in [1.82, 2.24) is 20.9 Å². The zero-order chi connectivity index (χ0) is 29.1. The monoisotopic (exact) mass is 555 g/mol. The van der Waals surface area contributed by atoms with Crippen molar-refractivity contribution < 1.29 is 37.1 Å². The van der Waals surface area contributed by atoms with Crippen molar-refractivity contribution in [2.45, 2.75) is 90.1 Å². The van der Waals surface area contributed by atoms with Crippen LogP contribution in [0, 0.1) is 39.9 Å². The molecule has 0 aromatic heterocycles. The molecule has 2 aliphatic carbocycles. The lowest BCUT2D eigenvalue weighted by Crippen LogP contribution is -2.60. The van der Waals surface area contributed by atoms with Crippen LogP contribution in [0.5, 0.6) is 0 Å². The van der Waals surface area contributed by atoms with Crippen LogP contribution in [0.4, 0.5) is 18.0 Å². The molecule has 1 spiro atoms. The van der Waals surface area contributed by atoms with Gasteiger partial charge in [0.25, 0.3) is 0 Å². The van der Waals surface area contributed by atoms with Crippen molar-refractivity contribution in [1.29, 1.82) is 5.26 Å². The van der Waals surface area contributed by atoms with Crippen LogP contribution in [-0.4, -0.2) is 71.7 Å². The molecular weight excluding hydrogens is 519 g/mol. The number of nitrogens with zero attached hydrogens (tertiary/aromatic N) is 2. The Balaban J connectivity index is 1.47. The van der Waals surface area contributed by atoms with Gasteiger partial charge in [-0.25, -0.2) is 4.79 Å². The van der Waals surface area contributed by atoms with E-state index in [1.165, 1.54) is 4.90 Å². The molecule has 2 saturated carbocycles. The van der Waals surface area contributed by atoms with Gasteiger partial charge in [-0.2, -0.15) is 18.4 Å². The Morgan fingerprint density at radius 2 is 1.85 bits per heavy atom. The first-order chi connectivity index (χ1) is 17.9. The molecule has 2 saturated heterocycles. The summed E-state index contributed by atoms with van der Waals surface area (Å²) in [5.41, 5.74) is -1.32. The Morgan fingerprint density at radius 3 is 2.36 bits per heavy atom. The molecule has 0 radical (unpaired) electrons. The van der Waals surface area contributed by atoms with Crippen molar-refractivity contribution in [2.24, 2.45) is 28.6 Å². The van der Waals surface area contributed by atoms with Gasteiger partial charge in [0.2, 0.25) is 17.7 Å². The maximum atomic E-state index is 13.7. The van der Waals surface area contributed by atoms with Crippen LogP contribution in [0.3, 0.4) is 0 Å². The number of rotatable bonds is 7. The van der Waals surface area contributed by atoms with Crippen LogP contribution in [0.1, 0.15) is 60.3 Å². The molecule has 4 fully saturated rings. The third kappa shape index (κ3) is 5.94. The molecular formula is C26H36F3N5O5. The van der Waals surface area contributed by atoms with E-state index in [2.05, 4.69) is 26.8 Å². The minimum atomic E-state index is -4.72. The number of ether oxygens (including phenoxy) is 1. The number of alkyl halides is 3. The summed E-state index contributed by atoms with van der Waals surface area (Å²) in [6, 6.07) is -1.07. The van der Waals surface area contributed by atoms with Gasteiger partial charge in [0.05, 0.1) is 6.07 Å². The molecule has 10 nitrogen and oxygen atoms in total. The first-order valence-corrected chi connectivity index (χ1v) is 13.2. The summed E-state index contributed by atoms with van der Waals surface area (Å²) in [5, 5.41) is 17.7. The number of hydrogen-bond acceptors (Lipinski definition) is 6. The second-order valence-corrected chi connectivity index (χ2v) is 13.1. The number of carbonyl (C=O) groups excluding carboxylic acids is 4. The molecule has 6 atom stereocenters. The van der Waals surface area contributed by atoms with Crippen molar-refractivity contribution in [2.75, 3.05) is 13.2 Å². The molecule has 0 aromatic carbocycles. The zero-order valence-corrected chi connectivity index (χ0v) is 22.8. The Morgan fingerprint density at radius 1 is 1.21 bits per heavy atom. The lowest BCUT2D eigenvalue weighted by atomic mass is 9.85. The van der Waals surface area contributed by atoms with E-state index in [-0.39, 0.29) is 47.6 Å². The quantitative estimate of drug-likeness (QED) is 0.440. The Bertz CT molecular complexity index is 1090. The van der Waals surface area contributed by atoms with Crippen molar-refractivity contribution >= 4 is 23.8 Å². The maximum Gasteiger partial charge on any atom is 0.422 e. The minimum Gasteiger partial charge on any atom is -0.440 e. The van der Waals surface area contributed by atoms with Gasteiger partial charge in [-0.05, 0) is 48.3 Å². The first kappa shape index (κ1) is 29.0. The first-order valence-electron chi connectivity index (χ1n) is 13.2. The molecule has 216 valence electrons. The van der Waals surface area contributed by atoms with Gasteiger partial charge >= 0.3 is 12.3 Å². The Hall–Kier alpha value is -3.04. The smallest absolute Gasteiger partial charge is 0.422 e. The summed E-state index contributed by atoms with van der Waals surface area (Å²) in [6.45, 7) is 7.31. The third-order valence-electron chi connectivity index (χ3n) is 8.74. The molecule has 39 heavy (non-hydrogen) atoms. The SMILES string of the molecule is CC(C)(C)[C@H](NC(=O)OCC(F)(F)F)C(=O)N1C[C@H]2[C@@H]([C@H]1C(=O)N[C@H](C#N)C[C@@H]1CC3(CC3)NC1=O)C2(C)C. The minimum absolute atomic E-state index is 0.00543. The fourth-order valence-corrected chi connectivity index (χ4v) is 6.27. The van der Waals surface area contributed by atoms with Crippen LogP contribution in [0.2, 0.25) is 0 Å². The Kier molecular flexibility index (Phi) is 7.09. The molecule has 3 N–H and O–H groups in total. The van der Waals surface area contributed by atoms with Gasteiger partial charge in [-0.3, -0.25) is 14.4 Å². The predicted molar refractivity (Wildman–Crippen MR) is 130 cm³/mol. The van der Waals surface area contributed by atoms with Crippen LogP contribution in [0.25, 0.3) is 0 Å². The van der Waals surface area contributed by atoms with Crippen LogP contribution >= 0.6 is 0 Å². The van der Waals surface area contributed by atoms with Gasteiger partial charge in [0, 0.05) is 18.0 Å². The van der Waals surface area contributed by atoms with Gasteiger partial charge < -0.3 is 25.6 Å². The van der Waals surface area contributed by atoms with Gasteiger partial charge in [-0.1, -0.05) is 34.6 Å². The predicted octanol–water partition coefficient (Wildman–Crippen LogP) is 2.24. The molecule has 4 rings (SSSR count). The van der Waals surface area contributed by atoms with E-state index < -0.39 is 54.2 Å². The average Bonchev–Trinajstić information content (AvgIpc) is 3.53. The van der Waals surface area contributed by atoms with E-state index in [4.69, 9.17) is 0 Å². The van der Waals surface area contributed by atoms with Crippen LogP contribution in [-0.2, 0) is 19.1 Å². The summed E-state index contributed by atoms with van der Waals surface area (Å²) in [7, 11) is 0. The summed E-state index contributed by atoms with van der Waals surface area (Å²) in [5.74, 6) is -1.84. The summed E-state index contributed by atoms with van der Waals surface area (Å²) < 4.78 is 41.8.